The van der Waals surface area contributed by atoms with Crippen LogP contribution in [0.15, 0.2) is 109 Å². The quantitative estimate of drug-likeness (QED) is 0.0211. The summed E-state index contributed by atoms with van der Waals surface area (Å²) in [5, 5.41) is 9.72. The highest BCUT2D eigenvalue weighted by atomic mass is 16.7. The van der Waals surface area contributed by atoms with Gasteiger partial charge in [-0.1, -0.05) is 284 Å². The van der Waals surface area contributed by atoms with Gasteiger partial charge in [-0.2, -0.15) is 0 Å². The predicted octanol–water partition coefficient (Wildman–Crippen LogP) is 19.9. The van der Waals surface area contributed by atoms with Crippen LogP contribution in [0.5, 0.6) is 0 Å². The van der Waals surface area contributed by atoms with Crippen molar-refractivity contribution in [3.05, 3.63) is 109 Å². The number of carboxylic acids is 1. The summed E-state index contributed by atoms with van der Waals surface area (Å²) in [5.41, 5.74) is 0. The summed E-state index contributed by atoms with van der Waals surface area (Å²) in [6.07, 6.45) is 82.0. The minimum absolute atomic E-state index is 0.172. The Kier molecular flexibility index (Phi) is 57.9. The largest absolute Gasteiger partial charge is 0.477 e. The lowest BCUT2D eigenvalue weighted by atomic mass is 10.0. The fraction of sp³-hybridized carbons (Fsp3) is 0.704. The molecule has 1 N–H and O–H groups in total. The molecule has 0 spiro atoms. The molecule has 0 saturated carbocycles. The number of carbonyl (C=O) groups excluding carboxylic acids is 2. The topological polar surface area (TPSA) is 108 Å². The minimum Gasteiger partial charge on any atom is -0.477 e. The van der Waals surface area contributed by atoms with Gasteiger partial charge in [-0.05, 0) is 77.0 Å². The van der Waals surface area contributed by atoms with Gasteiger partial charge in [0.2, 0.25) is 0 Å². The summed E-state index contributed by atoms with van der Waals surface area (Å²) in [5.74, 6) is -2.09. The number of ether oxygens (including phenoxy) is 4. The Bertz CT molecular complexity index is 1680. The number of nitrogens with zero attached hydrogens (tertiary/aromatic N) is 1. The Morgan fingerprint density at radius 3 is 1.05 bits per heavy atom. The lowest BCUT2D eigenvalue weighted by Crippen LogP contribution is -2.40. The van der Waals surface area contributed by atoms with Crippen molar-refractivity contribution in [2.75, 3.05) is 47.5 Å². The van der Waals surface area contributed by atoms with Crippen LogP contribution >= 0.6 is 0 Å². The van der Waals surface area contributed by atoms with E-state index in [-0.39, 0.29) is 38.6 Å². The number of likely N-dealkylation sites (N-methyl/N-ethyl adjacent to an activating group) is 1. The molecule has 0 rings (SSSR count). The third-order valence-corrected chi connectivity index (χ3v) is 13.8. The van der Waals surface area contributed by atoms with Crippen LogP contribution in [0.4, 0.5) is 0 Å². The standard InChI is InChI=1S/C71H121NO8/c1-6-8-10-12-14-16-18-20-22-24-26-28-30-32-34-35-36-38-40-42-44-46-48-50-52-54-56-58-60-62-69(74)80-67(66-79-71(70(75)76)77-64-63-72(3,4)5)65-78-68(73)61-59-57-55-53-51-49-47-45-43-41-39-37-33-31-29-27-25-23-21-19-17-15-13-11-9-7-2/h8,10,14,16,20,22,26,28,32,34,36,38,42,44,48,50,54,56,67,71H,6-7,9,11-13,15,17-19,21,23-25,27,29-31,33,35,37,39-41,43,45-47,49,51-53,55,57-66H2,1-5H3/p+1/b10-8-,16-14-,22-20-,28-26-,34-32-,38-36-,44-42-,50-48-,56-54-. The van der Waals surface area contributed by atoms with Gasteiger partial charge < -0.3 is 28.5 Å². The second kappa shape index (κ2) is 61.0. The number of aliphatic carboxylic acids is 1. The van der Waals surface area contributed by atoms with Gasteiger partial charge >= 0.3 is 17.9 Å². The van der Waals surface area contributed by atoms with E-state index in [2.05, 4.69) is 123 Å². The minimum atomic E-state index is -1.53. The highest BCUT2D eigenvalue weighted by Crippen LogP contribution is 2.17. The van der Waals surface area contributed by atoms with E-state index in [1.54, 1.807) is 0 Å². The number of hydrogen-bond donors (Lipinski definition) is 1. The number of quaternary nitrogens is 1. The van der Waals surface area contributed by atoms with Gasteiger partial charge in [-0.3, -0.25) is 9.59 Å². The van der Waals surface area contributed by atoms with Crippen LogP contribution in [0, 0.1) is 0 Å². The zero-order valence-electron chi connectivity index (χ0n) is 52.2. The molecule has 0 fully saturated rings. The first-order valence-corrected chi connectivity index (χ1v) is 32.6. The third kappa shape index (κ3) is 61.6. The number of hydrogen-bond acceptors (Lipinski definition) is 7. The van der Waals surface area contributed by atoms with Gasteiger partial charge in [-0.15, -0.1) is 0 Å². The van der Waals surface area contributed by atoms with Crippen LogP contribution in [-0.4, -0.2) is 87.4 Å². The van der Waals surface area contributed by atoms with Gasteiger partial charge in [0.15, 0.2) is 6.10 Å². The van der Waals surface area contributed by atoms with E-state index < -0.39 is 24.3 Å². The number of esters is 2. The molecule has 0 aliphatic heterocycles. The van der Waals surface area contributed by atoms with Crippen molar-refractivity contribution >= 4 is 17.9 Å². The Morgan fingerprint density at radius 1 is 0.388 bits per heavy atom. The number of carboxylic acid groups (broad SMARTS) is 1. The fourth-order valence-corrected chi connectivity index (χ4v) is 8.84. The van der Waals surface area contributed by atoms with Crippen molar-refractivity contribution in [2.24, 2.45) is 0 Å². The summed E-state index contributed by atoms with van der Waals surface area (Å²) in [7, 11) is 5.95. The molecule has 0 bridgehead atoms. The Labute approximate surface area is 492 Å². The normalized spacial score (nSPS) is 13.5. The zero-order valence-corrected chi connectivity index (χ0v) is 52.2. The molecular formula is C71H122NO8+. The zero-order chi connectivity index (χ0) is 58.3. The molecule has 9 heteroatoms. The monoisotopic (exact) mass is 1120 g/mol. The van der Waals surface area contributed by atoms with E-state index in [0.29, 0.717) is 23.9 Å². The van der Waals surface area contributed by atoms with Gasteiger partial charge in [0.1, 0.15) is 13.2 Å². The summed E-state index contributed by atoms with van der Waals surface area (Å²) in [6, 6.07) is 0. The molecule has 2 unspecified atom stereocenters. The Balaban J connectivity index is 4.29. The SMILES string of the molecule is CC/C=C\C/C=C\C/C=C\C/C=C\C/C=C\C/C=C\C/C=C\C/C=C\C/C=C\CCCC(=O)OC(COC(=O)CCCCCCCCCCCCCCCCCCCCCCCCCCCC)COC(OCC[N+](C)(C)C)C(=O)O. The molecule has 0 aromatic carbocycles. The second-order valence-electron chi connectivity index (χ2n) is 22.7. The van der Waals surface area contributed by atoms with E-state index in [4.69, 9.17) is 18.9 Å². The molecule has 80 heavy (non-hydrogen) atoms. The van der Waals surface area contributed by atoms with Gasteiger partial charge in [0, 0.05) is 12.8 Å². The Hall–Kier alpha value is -4.05. The molecule has 0 amide bonds. The van der Waals surface area contributed by atoms with Crippen molar-refractivity contribution in [2.45, 2.75) is 277 Å². The highest BCUT2D eigenvalue weighted by Gasteiger charge is 2.25. The van der Waals surface area contributed by atoms with E-state index in [1.165, 1.54) is 148 Å². The van der Waals surface area contributed by atoms with Crippen LogP contribution in [0.3, 0.4) is 0 Å². The molecule has 458 valence electrons. The molecule has 2 atom stereocenters. The molecule has 0 saturated heterocycles. The molecule has 0 aromatic heterocycles. The van der Waals surface area contributed by atoms with Crippen molar-refractivity contribution in [3.8, 4) is 0 Å². The van der Waals surface area contributed by atoms with E-state index in [0.717, 1.165) is 77.0 Å². The molecule has 0 aromatic rings. The summed E-state index contributed by atoms with van der Waals surface area (Å²) >= 11 is 0. The van der Waals surface area contributed by atoms with E-state index >= 15 is 0 Å². The van der Waals surface area contributed by atoms with Crippen molar-refractivity contribution in [1.29, 1.82) is 0 Å². The molecule has 0 aliphatic carbocycles. The van der Waals surface area contributed by atoms with Crippen LogP contribution in [0.2, 0.25) is 0 Å². The van der Waals surface area contributed by atoms with Gasteiger partial charge in [0.05, 0.1) is 34.4 Å². The lowest BCUT2D eigenvalue weighted by Gasteiger charge is -2.25. The average Bonchev–Trinajstić information content (AvgIpc) is 3.43. The number of rotatable bonds is 59. The molecule has 9 nitrogen and oxygen atoms in total. The summed E-state index contributed by atoms with van der Waals surface area (Å²) in [4.78, 5) is 37.5. The smallest absolute Gasteiger partial charge is 0.361 e. The van der Waals surface area contributed by atoms with E-state index in [1.807, 2.05) is 21.1 Å². The average molecular weight is 1120 g/mol. The fourth-order valence-electron chi connectivity index (χ4n) is 8.84. The molecule has 0 heterocycles. The molecule has 0 aliphatic rings. The van der Waals surface area contributed by atoms with Crippen LogP contribution in [-0.2, 0) is 33.3 Å². The number of allylic oxidation sites excluding steroid dienone is 18. The maximum Gasteiger partial charge on any atom is 0.361 e. The second-order valence-corrected chi connectivity index (χ2v) is 22.7. The first-order chi connectivity index (χ1) is 39.1. The van der Waals surface area contributed by atoms with Crippen molar-refractivity contribution in [1.82, 2.24) is 0 Å². The van der Waals surface area contributed by atoms with Crippen LogP contribution in [0.1, 0.15) is 264 Å². The van der Waals surface area contributed by atoms with Crippen LogP contribution < -0.4 is 0 Å². The maximum atomic E-state index is 12.9. The number of unbranched alkanes of at least 4 members (excludes halogenated alkanes) is 26. The third-order valence-electron chi connectivity index (χ3n) is 13.8. The van der Waals surface area contributed by atoms with E-state index in [9.17, 15) is 19.5 Å². The first-order valence-electron chi connectivity index (χ1n) is 32.6. The van der Waals surface area contributed by atoms with Crippen LogP contribution in [0.25, 0.3) is 0 Å². The predicted molar refractivity (Wildman–Crippen MR) is 341 cm³/mol. The van der Waals surface area contributed by atoms with Gasteiger partial charge in [0.25, 0.3) is 6.29 Å². The van der Waals surface area contributed by atoms with Gasteiger partial charge in [-0.25, -0.2) is 4.79 Å². The molecular weight excluding hydrogens is 995 g/mol. The van der Waals surface area contributed by atoms with Crippen molar-refractivity contribution in [3.63, 3.8) is 0 Å². The summed E-state index contributed by atoms with van der Waals surface area (Å²) < 4.78 is 22.9. The highest BCUT2D eigenvalue weighted by molar-refractivity contribution is 5.71. The van der Waals surface area contributed by atoms with Crippen molar-refractivity contribution < 1.29 is 42.9 Å². The lowest BCUT2D eigenvalue weighted by molar-refractivity contribution is -0.870. The number of carbonyl (C=O) groups is 3. The first kappa shape index (κ1) is 76.0. The summed E-state index contributed by atoms with van der Waals surface area (Å²) in [6.45, 7) is 4.72. The maximum absolute atomic E-state index is 12.9. The molecule has 0 radical (unpaired) electrons. The Morgan fingerprint density at radius 2 is 0.713 bits per heavy atom.